The number of rotatable bonds is 2. The highest BCUT2D eigenvalue weighted by molar-refractivity contribution is 7.89. The van der Waals surface area contributed by atoms with Crippen LogP contribution in [0.5, 0.6) is 0 Å². The molecule has 0 aliphatic heterocycles. The number of sulfonamides is 1. The maximum absolute atomic E-state index is 11.2. The quantitative estimate of drug-likeness (QED) is 0.500. The Kier molecular flexibility index (Phi) is 2.72. The smallest absolute Gasteiger partial charge is 0.225 e. The lowest BCUT2D eigenvalue weighted by atomic mass is 10.1. The minimum atomic E-state index is -3.76. The molecule has 17 heavy (non-hydrogen) atoms. The number of hydrogen-bond acceptors (Lipinski definition) is 3. The van der Waals surface area contributed by atoms with Crippen LogP contribution in [-0.4, -0.2) is 8.42 Å². The van der Waals surface area contributed by atoms with Crippen LogP contribution in [0.3, 0.4) is 0 Å². The predicted molar refractivity (Wildman–Crippen MR) is 64.1 cm³/mol. The Morgan fingerprint density at radius 3 is 2.65 bits per heavy atom. The van der Waals surface area contributed by atoms with Crippen LogP contribution in [0, 0.1) is 0 Å². The molecule has 6 nitrogen and oxygen atoms in total. The monoisotopic (exact) mass is 248 g/mol. The molecule has 2 aromatic rings. The molecule has 0 aliphatic rings. The van der Waals surface area contributed by atoms with Crippen LogP contribution in [0.25, 0.3) is 21.2 Å². The number of hydrogen-bond donors (Lipinski definition) is 1. The van der Waals surface area contributed by atoms with E-state index in [0.717, 1.165) is 5.39 Å². The minimum absolute atomic E-state index is 0.00871. The Bertz CT molecular complexity index is 733. The normalized spacial score (nSPS) is 11.1. The summed E-state index contributed by atoms with van der Waals surface area (Å²) < 4.78 is 22.4. The molecule has 86 valence electrons. The van der Waals surface area contributed by atoms with Gasteiger partial charge in [0.1, 0.15) is 0 Å². The molecule has 0 bridgehead atoms. The van der Waals surface area contributed by atoms with Crippen molar-refractivity contribution in [1.29, 1.82) is 0 Å². The summed E-state index contributed by atoms with van der Waals surface area (Å²) in [6, 6.07) is 9.55. The van der Waals surface area contributed by atoms with Crippen molar-refractivity contribution >= 4 is 26.5 Å². The van der Waals surface area contributed by atoms with Gasteiger partial charge in [0.2, 0.25) is 10.0 Å². The van der Waals surface area contributed by atoms with Gasteiger partial charge in [-0.05, 0) is 28.4 Å². The van der Waals surface area contributed by atoms with Crippen LogP contribution in [-0.2, 0) is 10.0 Å². The third kappa shape index (κ3) is 2.21. The highest BCUT2D eigenvalue weighted by Crippen LogP contribution is 2.28. The summed E-state index contributed by atoms with van der Waals surface area (Å²) in [5.74, 6) is 0. The van der Waals surface area contributed by atoms with Crippen molar-refractivity contribution in [2.45, 2.75) is 4.90 Å². The third-order valence-electron chi connectivity index (χ3n) is 2.31. The number of azide groups is 1. The van der Waals surface area contributed by atoms with Gasteiger partial charge >= 0.3 is 0 Å². The molecule has 0 atom stereocenters. The predicted octanol–water partition coefficient (Wildman–Crippen LogP) is 2.43. The van der Waals surface area contributed by atoms with Crippen LogP contribution in [0.15, 0.2) is 46.4 Å². The van der Waals surface area contributed by atoms with Gasteiger partial charge in [-0.2, -0.15) is 0 Å². The average molecular weight is 248 g/mol. The van der Waals surface area contributed by atoms with Crippen molar-refractivity contribution in [2.75, 3.05) is 0 Å². The van der Waals surface area contributed by atoms with E-state index in [0.29, 0.717) is 11.1 Å². The van der Waals surface area contributed by atoms with Crippen molar-refractivity contribution in [1.82, 2.24) is 0 Å². The van der Waals surface area contributed by atoms with E-state index in [2.05, 4.69) is 10.0 Å². The summed E-state index contributed by atoms with van der Waals surface area (Å²) in [5.41, 5.74) is 8.79. The lowest BCUT2D eigenvalue weighted by Gasteiger charge is -2.03. The number of benzene rings is 2. The van der Waals surface area contributed by atoms with Crippen LogP contribution in [0.2, 0.25) is 0 Å². The first kappa shape index (κ1) is 11.4. The lowest BCUT2D eigenvalue weighted by molar-refractivity contribution is 0.598. The van der Waals surface area contributed by atoms with Gasteiger partial charge in [0, 0.05) is 10.6 Å². The Hall–Kier alpha value is -2.08. The van der Waals surface area contributed by atoms with Gasteiger partial charge in [0.05, 0.1) is 4.90 Å². The van der Waals surface area contributed by atoms with Crippen molar-refractivity contribution in [2.24, 2.45) is 10.3 Å². The molecular formula is C10H8N4O2S. The Labute approximate surface area is 97.3 Å². The minimum Gasteiger partial charge on any atom is -0.225 e. The fourth-order valence-electron chi connectivity index (χ4n) is 1.55. The van der Waals surface area contributed by atoms with Gasteiger partial charge in [0.25, 0.3) is 0 Å². The highest BCUT2D eigenvalue weighted by atomic mass is 32.2. The third-order valence-corrected chi connectivity index (χ3v) is 3.22. The molecule has 2 rings (SSSR count). The van der Waals surface area contributed by atoms with E-state index in [1.807, 2.05) is 0 Å². The van der Waals surface area contributed by atoms with Crippen LogP contribution in [0.1, 0.15) is 0 Å². The lowest BCUT2D eigenvalue weighted by Crippen LogP contribution is -2.11. The summed E-state index contributed by atoms with van der Waals surface area (Å²) in [7, 11) is -3.76. The summed E-state index contributed by atoms with van der Waals surface area (Å²) in [5, 5.41) is 9.88. The first-order valence-electron chi connectivity index (χ1n) is 4.63. The number of nitrogens with zero attached hydrogens (tertiary/aromatic N) is 3. The summed E-state index contributed by atoms with van der Waals surface area (Å²) >= 11 is 0. The van der Waals surface area contributed by atoms with E-state index in [9.17, 15) is 8.42 Å². The second-order valence-electron chi connectivity index (χ2n) is 3.39. The van der Waals surface area contributed by atoms with Gasteiger partial charge in [-0.3, -0.25) is 0 Å². The number of nitrogens with two attached hydrogens (primary N) is 1. The van der Waals surface area contributed by atoms with Gasteiger partial charge in [0.15, 0.2) is 0 Å². The SMILES string of the molecule is [N-]=[N+]=Nc1cccc2ccc(S(N)(=O)=O)cc12. The first-order chi connectivity index (χ1) is 8.02. The van der Waals surface area contributed by atoms with Gasteiger partial charge in [-0.25, -0.2) is 13.6 Å². The molecule has 0 unspecified atom stereocenters. The Balaban J connectivity index is 2.83. The van der Waals surface area contributed by atoms with E-state index in [1.54, 1.807) is 24.3 Å². The Morgan fingerprint density at radius 2 is 2.00 bits per heavy atom. The zero-order valence-electron chi connectivity index (χ0n) is 8.61. The number of fused-ring (bicyclic) bond motifs is 1. The topological polar surface area (TPSA) is 109 Å². The van der Waals surface area contributed by atoms with Gasteiger partial charge in [-0.1, -0.05) is 29.4 Å². The van der Waals surface area contributed by atoms with E-state index in [1.165, 1.54) is 12.1 Å². The molecule has 0 spiro atoms. The van der Waals surface area contributed by atoms with Crippen LogP contribution >= 0.6 is 0 Å². The standard InChI is InChI=1S/C10H8N4O2S/c11-14-13-10-3-1-2-7-4-5-8(6-9(7)10)17(12,15)16/h1-6H,(H2,12,15,16). The van der Waals surface area contributed by atoms with Gasteiger partial charge < -0.3 is 0 Å². The second kappa shape index (κ2) is 4.06. The molecule has 2 aromatic carbocycles. The molecule has 0 heterocycles. The van der Waals surface area contributed by atoms with Crippen molar-refractivity contribution in [3.63, 3.8) is 0 Å². The first-order valence-corrected chi connectivity index (χ1v) is 6.18. The average Bonchev–Trinajstić information content (AvgIpc) is 2.28. The summed E-state index contributed by atoms with van der Waals surface area (Å²) in [6.07, 6.45) is 0. The molecule has 0 fully saturated rings. The van der Waals surface area contributed by atoms with Crippen molar-refractivity contribution in [3.8, 4) is 0 Å². The molecule has 0 aliphatic carbocycles. The fourth-order valence-corrected chi connectivity index (χ4v) is 2.09. The van der Waals surface area contributed by atoms with Gasteiger partial charge in [-0.15, -0.1) is 0 Å². The maximum Gasteiger partial charge on any atom is 0.238 e. The largest absolute Gasteiger partial charge is 0.238 e. The van der Waals surface area contributed by atoms with E-state index in [4.69, 9.17) is 10.7 Å². The highest BCUT2D eigenvalue weighted by Gasteiger charge is 2.09. The molecule has 0 radical (unpaired) electrons. The summed E-state index contributed by atoms with van der Waals surface area (Å²) in [4.78, 5) is 2.68. The Morgan fingerprint density at radius 1 is 1.24 bits per heavy atom. The van der Waals surface area contributed by atoms with Crippen LogP contribution < -0.4 is 5.14 Å². The molecule has 0 saturated heterocycles. The molecular weight excluding hydrogens is 240 g/mol. The second-order valence-corrected chi connectivity index (χ2v) is 4.96. The maximum atomic E-state index is 11.2. The molecule has 7 heteroatoms. The van der Waals surface area contributed by atoms with E-state index in [-0.39, 0.29) is 4.90 Å². The zero-order chi connectivity index (χ0) is 12.5. The molecule has 0 aromatic heterocycles. The summed E-state index contributed by atoms with van der Waals surface area (Å²) in [6.45, 7) is 0. The van der Waals surface area contributed by atoms with Crippen molar-refractivity contribution in [3.05, 3.63) is 46.8 Å². The molecule has 2 N–H and O–H groups in total. The van der Waals surface area contributed by atoms with Crippen LogP contribution in [0.4, 0.5) is 5.69 Å². The fraction of sp³-hybridized carbons (Fsp3) is 0. The van der Waals surface area contributed by atoms with E-state index >= 15 is 0 Å². The molecule has 0 saturated carbocycles. The van der Waals surface area contributed by atoms with E-state index < -0.39 is 10.0 Å². The molecule has 0 amide bonds. The zero-order valence-corrected chi connectivity index (χ0v) is 9.42. The van der Waals surface area contributed by atoms with Crippen molar-refractivity contribution < 1.29 is 8.42 Å². The number of primary sulfonamides is 1.